The van der Waals surface area contributed by atoms with Crippen LogP contribution in [0.25, 0.3) is 0 Å². The Balaban J connectivity index is 3.06. The van der Waals surface area contributed by atoms with Gasteiger partial charge in [-0.05, 0) is 18.2 Å². The number of methoxy groups -OCH3 is 1. The Morgan fingerprint density at radius 1 is 1.62 bits per heavy atom. The standard InChI is InChI=1S/C10H10N2O4/c1-3-10(13)11-7-4-5-9(16-2)8(6-7)12(14)15/h3-6H,1H2,2H3,(H,11,13). The van der Waals surface area contributed by atoms with E-state index in [1.165, 1.54) is 25.3 Å². The molecule has 1 rings (SSSR count). The summed E-state index contributed by atoms with van der Waals surface area (Å²) < 4.78 is 4.82. The van der Waals surface area contributed by atoms with Gasteiger partial charge in [0.25, 0.3) is 0 Å². The number of nitrogens with zero attached hydrogens (tertiary/aromatic N) is 1. The lowest BCUT2D eigenvalue weighted by Gasteiger charge is -2.05. The molecule has 0 aliphatic rings. The van der Waals surface area contributed by atoms with Gasteiger partial charge in [-0.2, -0.15) is 0 Å². The van der Waals surface area contributed by atoms with Gasteiger partial charge in [-0.15, -0.1) is 0 Å². The van der Waals surface area contributed by atoms with E-state index in [4.69, 9.17) is 4.74 Å². The predicted molar refractivity (Wildman–Crippen MR) is 58.5 cm³/mol. The van der Waals surface area contributed by atoms with Gasteiger partial charge in [0.2, 0.25) is 5.91 Å². The van der Waals surface area contributed by atoms with E-state index in [0.29, 0.717) is 5.69 Å². The molecular formula is C10H10N2O4. The lowest BCUT2D eigenvalue weighted by atomic mass is 10.2. The van der Waals surface area contributed by atoms with Crippen LogP contribution in [0.2, 0.25) is 0 Å². The van der Waals surface area contributed by atoms with Crippen molar-refractivity contribution in [3.8, 4) is 5.75 Å². The van der Waals surface area contributed by atoms with Gasteiger partial charge in [0, 0.05) is 11.8 Å². The molecule has 0 radical (unpaired) electrons. The first-order chi connectivity index (χ1) is 7.58. The molecule has 1 aromatic rings. The van der Waals surface area contributed by atoms with Crippen LogP contribution in [0.5, 0.6) is 5.75 Å². The Hall–Kier alpha value is -2.37. The van der Waals surface area contributed by atoms with Crippen molar-refractivity contribution < 1.29 is 14.5 Å². The SMILES string of the molecule is C=CC(=O)Nc1ccc(OC)c([N+](=O)[O-])c1. The summed E-state index contributed by atoms with van der Waals surface area (Å²) in [6.07, 6.45) is 1.08. The number of hydrogen-bond acceptors (Lipinski definition) is 4. The van der Waals surface area contributed by atoms with Crippen LogP contribution in [-0.2, 0) is 4.79 Å². The molecule has 0 bridgehead atoms. The second-order valence-corrected chi connectivity index (χ2v) is 2.84. The number of nitro groups is 1. The van der Waals surface area contributed by atoms with E-state index in [-0.39, 0.29) is 11.4 Å². The highest BCUT2D eigenvalue weighted by Crippen LogP contribution is 2.29. The van der Waals surface area contributed by atoms with Gasteiger partial charge in [-0.3, -0.25) is 14.9 Å². The van der Waals surface area contributed by atoms with Crippen LogP contribution in [0.1, 0.15) is 0 Å². The topological polar surface area (TPSA) is 81.5 Å². The van der Waals surface area contributed by atoms with E-state index in [1.54, 1.807) is 0 Å². The minimum Gasteiger partial charge on any atom is -0.490 e. The third-order valence-electron chi connectivity index (χ3n) is 1.83. The van der Waals surface area contributed by atoms with Crippen molar-refractivity contribution in [3.05, 3.63) is 41.0 Å². The molecule has 1 N–H and O–H groups in total. The number of rotatable bonds is 4. The van der Waals surface area contributed by atoms with Crippen molar-refractivity contribution in [2.75, 3.05) is 12.4 Å². The van der Waals surface area contributed by atoms with E-state index in [0.717, 1.165) is 6.08 Å². The number of nitro benzene ring substituents is 1. The van der Waals surface area contributed by atoms with Crippen molar-refractivity contribution >= 4 is 17.3 Å². The number of nitrogens with one attached hydrogen (secondary N) is 1. The van der Waals surface area contributed by atoms with Crippen LogP contribution in [0, 0.1) is 10.1 Å². The van der Waals surface area contributed by atoms with Crippen molar-refractivity contribution in [2.45, 2.75) is 0 Å². The van der Waals surface area contributed by atoms with Gasteiger partial charge >= 0.3 is 5.69 Å². The molecule has 0 unspecified atom stereocenters. The average Bonchev–Trinajstić information content (AvgIpc) is 2.28. The molecule has 0 saturated heterocycles. The molecule has 6 nitrogen and oxygen atoms in total. The van der Waals surface area contributed by atoms with E-state index in [1.807, 2.05) is 0 Å². The van der Waals surface area contributed by atoms with Crippen LogP contribution in [0.3, 0.4) is 0 Å². The van der Waals surface area contributed by atoms with E-state index < -0.39 is 10.8 Å². The molecule has 0 fully saturated rings. The van der Waals surface area contributed by atoms with Crippen LogP contribution in [0.4, 0.5) is 11.4 Å². The third-order valence-corrected chi connectivity index (χ3v) is 1.83. The first-order valence-corrected chi connectivity index (χ1v) is 4.34. The minimum absolute atomic E-state index is 0.140. The maximum Gasteiger partial charge on any atom is 0.312 e. The van der Waals surface area contributed by atoms with Crippen molar-refractivity contribution in [2.24, 2.45) is 0 Å². The van der Waals surface area contributed by atoms with Crippen molar-refractivity contribution in [3.63, 3.8) is 0 Å². The molecule has 0 heterocycles. The van der Waals surface area contributed by atoms with Crippen LogP contribution >= 0.6 is 0 Å². The first-order valence-electron chi connectivity index (χ1n) is 4.34. The van der Waals surface area contributed by atoms with Crippen LogP contribution in [-0.4, -0.2) is 17.9 Å². The summed E-state index contributed by atoms with van der Waals surface area (Å²) in [5.74, 6) is -0.291. The maximum atomic E-state index is 11.0. The molecule has 1 aromatic carbocycles. The molecular weight excluding hydrogens is 212 g/mol. The molecule has 16 heavy (non-hydrogen) atoms. The minimum atomic E-state index is -0.581. The molecule has 84 valence electrons. The Morgan fingerprint density at radius 2 is 2.31 bits per heavy atom. The molecule has 0 aliphatic carbocycles. The summed E-state index contributed by atoms with van der Waals surface area (Å²) in [5, 5.41) is 13.1. The number of ether oxygens (including phenoxy) is 1. The zero-order chi connectivity index (χ0) is 12.1. The maximum absolute atomic E-state index is 11.0. The lowest BCUT2D eigenvalue weighted by molar-refractivity contribution is -0.385. The number of hydrogen-bond donors (Lipinski definition) is 1. The van der Waals surface area contributed by atoms with Crippen LogP contribution in [0.15, 0.2) is 30.9 Å². The summed E-state index contributed by atoms with van der Waals surface area (Å²) >= 11 is 0. The van der Waals surface area contributed by atoms with Crippen molar-refractivity contribution in [1.82, 2.24) is 0 Å². The zero-order valence-corrected chi connectivity index (χ0v) is 8.60. The zero-order valence-electron chi connectivity index (χ0n) is 8.60. The first kappa shape index (κ1) is 11.7. The Kier molecular flexibility index (Phi) is 3.60. The molecule has 6 heteroatoms. The van der Waals surface area contributed by atoms with Crippen molar-refractivity contribution in [1.29, 1.82) is 0 Å². The van der Waals surface area contributed by atoms with Gasteiger partial charge in [0.15, 0.2) is 5.75 Å². The fraction of sp³-hybridized carbons (Fsp3) is 0.100. The second kappa shape index (κ2) is 4.92. The van der Waals surface area contributed by atoms with Crippen LogP contribution < -0.4 is 10.1 Å². The largest absolute Gasteiger partial charge is 0.490 e. The third kappa shape index (κ3) is 2.57. The molecule has 0 saturated carbocycles. The van der Waals surface area contributed by atoms with Gasteiger partial charge in [0.1, 0.15) is 0 Å². The summed E-state index contributed by atoms with van der Waals surface area (Å²) in [6.45, 7) is 3.28. The summed E-state index contributed by atoms with van der Waals surface area (Å²) in [5.41, 5.74) is 0.113. The molecule has 1 amide bonds. The molecule has 0 atom stereocenters. The number of anilines is 1. The van der Waals surface area contributed by atoms with E-state index in [9.17, 15) is 14.9 Å². The quantitative estimate of drug-likeness (QED) is 0.477. The Bertz CT molecular complexity index is 442. The Morgan fingerprint density at radius 3 is 2.81 bits per heavy atom. The summed E-state index contributed by atoms with van der Waals surface area (Å²) in [6, 6.07) is 4.14. The highest BCUT2D eigenvalue weighted by Gasteiger charge is 2.15. The highest BCUT2D eigenvalue weighted by molar-refractivity contribution is 5.99. The van der Waals surface area contributed by atoms with E-state index >= 15 is 0 Å². The predicted octanol–water partition coefficient (Wildman–Crippen LogP) is 1.73. The summed E-state index contributed by atoms with van der Waals surface area (Å²) in [4.78, 5) is 21.1. The smallest absolute Gasteiger partial charge is 0.312 e. The summed E-state index contributed by atoms with van der Waals surface area (Å²) in [7, 11) is 1.34. The molecule has 0 aromatic heterocycles. The number of benzene rings is 1. The molecule has 0 spiro atoms. The fourth-order valence-corrected chi connectivity index (χ4v) is 1.10. The fourth-order valence-electron chi connectivity index (χ4n) is 1.10. The Labute approximate surface area is 91.7 Å². The number of amides is 1. The van der Waals surface area contributed by atoms with Gasteiger partial charge in [0.05, 0.1) is 12.0 Å². The van der Waals surface area contributed by atoms with Gasteiger partial charge < -0.3 is 10.1 Å². The number of carbonyl (C=O) groups excluding carboxylic acids is 1. The highest BCUT2D eigenvalue weighted by atomic mass is 16.6. The number of carbonyl (C=O) groups is 1. The van der Waals surface area contributed by atoms with Gasteiger partial charge in [-0.25, -0.2) is 0 Å². The normalized spacial score (nSPS) is 9.31. The second-order valence-electron chi connectivity index (χ2n) is 2.84. The van der Waals surface area contributed by atoms with Gasteiger partial charge in [-0.1, -0.05) is 6.58 Å². The monoisotopic (exact) mass is 222 g/mol. The average molecular weight is 222 g/mol. The van der Waals surface area contributed by atoms with E-state index in [2.05, 4.69) is 11.9 Å². The molecule has 0 aliphatic heterocycles. The lowest BCUT2D eigenvalue weighted by Crippen LogP contribution is -2.07.